The Kier molecular flexibility index (Phi) is 4.23. The van der Waals surface area contributed by atoms with Crippen LogP contribution in [0.2, 0.25) is 0 Å². The van der Waals surface area contributed by atoms with Gasteiger partial charge in [-0.15, -0.1) is 10.2 Å². The third kappa shape index (κ3) is 5.24. The first-order chi connectivity index (χ1) is 7.70. The van der Waals surface area contributed by atoms with Crippen LogP contribution in [0, 0.1) is 0 Å². The fraction of sp³-hybridized carbons (Fsp3) is 0.778. The smallest absolute Gasteiger partial charge is 0.209 e. The molecule has 0 spiro atoms. The molecule has 0 aliphatic rings. The Hall–Kier alpha value is -0.990. The van der Waals surface area contributed by atoms with Gasteiger partial charge >= 0.3 is 0 Å². The normalized spacial score (nSPS) is 12.9. The maximum atomic E-state index is 11.1. The lowest BCUT2D eigenvalue weighted by molar-refractivity contribution is 0.417. The zero-order chi connectivity index (χ0) is 13.1. The van der Waals surface area contributed by atoms with Crippen LogP contribution in [0.4, 0.5) is 0 Å². The van der Waals surface area contributed by atoms with Gasteiger partial charge in [0.15, 0.2) is 0 Å². The summed E-state index contributed by atoms with van der Waals surface area (Å²) in [6.07, 6.45) is 2.77. The average molecular weight is 261 g/mol. The van der Waals surface area contributed by atoms with Crippen LogP contribution in [0.1, 0.15) is 19.7 Å². The molecule has 1 heterocycles. The molecule has 2 N–H and O–H groups in total. The molecule has 17 heavy (non-hydrogen) atoms. The Morgan fingerprint density at radius 1 is 1.47 bits per heavy atom. The van der Waals surface area contributed by atoms with Crippen LogP contribution >= 0.6 is 0 Å². The standard InChI is InChI=1S/C9H19N5O2S/c1-9(2,13-17(4,15)16)6-10-5-8-12-11-7-14(8)3/h7,10,13H,5-6H2,1-4H3. The second-order valence-corrected chi connectivity index (χ2v) is 6.47. The lowest BCUT2D eigenvalue weighted by Crippen LogP contribution is -2.49. The highest BCUT2D eigenvalue weighted by Crippen LogP contribution is 2.02. The summed E-state index contributed by atoms with van der Waals surface area (Å²) >= 11 is 0. The van der Waals surface area contributed by atoms with Gasteiger partial charge in [0, 0.05) is 19.1 Å². The summed E-state index contributed by atoms with van der Waals surface area (Å²) in [5.41, 5.74) is -0.536. The molecule has 8 heteroatoms. The number of nitrogens with zero attached hydrogens (tertiary/aromatic N) is 3. The van der Waals surface area contributed by atoms with Gasteiger partial charge in [-0.2, -0.15) is 0 Å². The zero-order valence-corrected chi connectivity index (χ0v) is 11.4. The molecule has 0 unspecified atom stereocenters. The Balaban J connectivity index is 2.43. The minimum absolute atomic E-state index is 0.507. The van der Waals surface area contributed by atoms with Crippen LogP contribution in [0.15, 0.2) is 6.33 Å². The molecule has 0 bridgehead atoms. The molecule has 7 nitrogen and oxygen atoms in total. The molecule has 98 valence electrons. The van der Waals surface area contributed by atoms with Gasteiger partial charge in [0.1, 0.15) is 12.2 Å². The molecule has 0 aliphatic carbocycles. The SMILES string of the molecule is Cn1cnnc1CNCC(C)(C)NS(C)(=O)=O. The summed E-state index contributed by atoms with van der Waals surface area (Å²) < 4.78 is 26.6. The summed E-state index contributed by atoms with van der Waals surface area (Å²) in [6.45, 7) is 4.69. The number of hydrogen-bond acceptors (Lipinski definition) is 5. The lowest BCUT2D eigenvalue weighted by atomic mass is 10.1. The molecular formula is C9H19N5O2S. The van der Waals surface area contributed by atoms with E-state index in [2.05, 4.69) is 20.2 Å². The van der Waals surface area contributed by atoms with E-state index in [1.807, 2.05) is 25.5 Å². The summed E-state index contributed by atoms with van der Waals surface area (Å²) in [5.74, 6) is 0.806. The second kappa shape index (κ2) is 5.11. The van der Waals surface area contributed by atoms with Crippen LogP contribution in [-0.4, -0.2) is 41.5 Å². The van der Waals surface area contributed by atoms with Crippen molar-refractivity contribution in [3.63, 3.8) is 0 Å². The number of nitrogens with one attached hydrogen (secondary N) is 2. The fourth-order valence-electron chi connectivity index (χ4n) is 1.49. The van der Waals surface area contributed by atoms with Gasteiger partial charge in [-0.25, -0.2) is 13.1 Å². The highest BCUT2D eigenvalue weighted by atomic mass is 32.2. The average Bonchev–Trinajstić information content (AvgIpc) is 2.47. The molecule has 0 saturated heterocycles. The van der Waals surface area contributed by atoms with E-state index in [0.29, 0.717) is 13.1 Å². The van der Waals surface area contributed by atoms with Crippen molar-refractivity contribution in [3.05, 3.63) is 12.2 Å². The summed E-state index contributed by atoms with van der Waals surface area (Å²) in [7, 11) is -1.34. The fourth-order valence-corrected chi connectivity index (χ4v) is 2.57. The van der Waals surface area contributed by atoms with E-state index >= 15 is 0 Å². The van der Waals surface area contributed by atoms with E-state index in [4.69, 9.17) is 0 Å². The molecule has 0 aromatic carbocycles. The van der Waals surface area contributed by atoms with Crippen LogP contribution < -0.4 is 10.0 Å². The molecule has 0 fully saturated rings. The van der Waals surface area contributed by atoms with Crippen molar-refractivity contribution in [1.29, 1.82) is 0 Å². The van der Waals surface area contributed by atoms with Gasteiger partial charge in [0.25, 0.3) is 0 Å². The van der Waals surface area contributed by atoms with Crippen LogP contribution in [-0.2, 0) is 23.6 Å². The summed E-state index contributed by atoms with van der Waals surface area (Å²) in [4.78, 5) is 0. The van der Waals surface area contributed by atoms with Crippen LogP contribution in [0.3, 0.4) is 0 Å². The van der Waals surface area contributed by atoms with Gasteiger partial charge in [-0.3, -0.25) is 0 Å². The maximum Gasteiger partial charge on any atom is 0.209 e. The summed E-state index contributed by atoms with van der Waals surface area (Å²) in [5, 5.41) is 10.8. The Labute approximate surface area is 102 Å². The molecule has 0 saturated carbocycles. The quantitative estimate of drug-likeness (QED) is 0.702. The third-order valence-corrected chi connectivity index (χ3v) is 3.04. The highest BCUT2D eigenvalue weighted by Gasteiger charge is 2.21. The van der Waals surface area contributed by atoms with Gasteiger partial charge in [0.2, 0.25) is 10.0 Å². The molecule has 1 aromatic heterocycles. The Morgan fingerprint density at radius 3 is 2.59 bits per heavy atom. The topological polar surface area (TPSA) is 88.9 Å². The van der Waals surface area contributed by atoms with Crippen LogP contribution in [0.25, 0.3) is 0 Å². The number of sulfonamides is 1. The van der Waals surface area contributed by atoms with E-state index in [-0.39, 0.29) is 0 Å². The van der Waals surface area contributed by atoms with E-state index in [1.165, 1.54) is 0 Å². The van der Waals surface area contributed by atoms with E-state index in [1.54, 1.807) is 6.33 Å². The van der Waals surface area contributed by atoms with E-state index in [9.17, 15) is 8.42 Å². The minimum atomic E-state index is -3.20. The summed E-state index contributed by atoms with van der Waals surface area (Å²) in [6, 6.07) is 0. The van der Waals surface area contributed by atoms with Gasteiger partial charge in [-0.1, -0.05) is 0 Å². The molecule has 0 amide bonds. The molecule has 0 aliphatic heterocycles. The van der Waals surface area contributed by atoms with Gasteiger partial charge in [0.05, 0.1) is 12.8 Å². The van der Waals surface area contributed by atoms with Gasteiger partial charge < -0.3 is 9.88 Å². The second-order valence-electron chi connectivity index (χ2n) is 4.72. The number of aryl methyl sites for hydroxylation is 1. The van der Waals surface area contributed by atoms with E-state index in [0.717, 1.165) is 12.1 Å². The monoisotopic (exact) mass is 261 g/mol. The molecule has 1 rings (SSSR count). The predicted molar refractivity (Wildman–Crippen MR) is 64.8 cm³/mol. The van der Waals surface area contributed by atoms with Crippen molar-refractivity contribution in [1.82, 2.24) is 24.8 Å². The van der Waals surface area contributed by atoms with Crippen molar-refractivity contribution in [2.45, 2.75) is 25.9 Å². The molecular weight excluding hydrogens is 242 g/mol. The van der Waals surface area contributed by atoms with Crippen molar-refractivity contribution < 1.29 is 8.42 Å². The minimum Gasteiger partial charge on any atom is -0.320 e. The number of rotatable bonds is 6. The Morgan fingerprint density at radius 2 is 2.12 bits per heavy atom. The zero-order valence-electron chi connectivity index (χ0n) is 10.6. The van der Waals surface area contributed by atoms with Crippen molar-refractivity contribution in [2.75, 3.05) is 12.8 Å². The van der Waals surface area contributed by atoms with Crippen molar-refractivity contribution in [2.24, 2.45) is 7.05 Å². The Bertz CT molecular complexity index is 465. The largest absolute Gasteiger partial charge is 0.320 e. The maximum absolute atomic E-state index is 11.1. The predicted octanol–water partition coefficient (Wildman–Crippen LogP) is -0.767. The highest BCUT2D eigenvalue weighted by molar-refractivity contribution is 7.88. The van der Waals surface area contributed by atoms with Gasteiger partial charge in [-0.05, 0) is 13.8 Å². The van der Waals surface area contributed by atoms with Crippen molar-refractivity contribution >= 4 is 10.0 Å². The number of aromatic nitrogens is 3. The first kappa shape index (κ1) is 14.1. The van der Waals surface area contributed by atoms with Crippen LogP contribution in [0.5, 0.6) is 0 Å². The third-order valence-electron chi connectivity index (χ3n) is 2.12. The first-order valence-electron chi connectivity index (χ1n) is 5.22. The van der Waals surface area contributed by atoms with E-state index < -0.39 is 15.6 Å². The lowest BCUT2D eigenvalue weighted by Gasteiger charge is -2.25. The molecule has 0 radical (unpaired) electrons. The number of hydrogen-bond donors (Lipinski definition) is 2. The first-order valence-corrected chi connectivity index (χ1v) is 7.11. The molecule has 1 aromatic rings. The molecule has 0 atom stereocenters. The van der Waals surface area contributed by atoms with Crippen molar-refractivity contribution in [3.8, 4) is 0 Å².